The Bertz CT molecular complexity index is 1140. The van der Waals surface area contributed by atoms with Crippen molar-refractivity contribution in [1.29, 1.82) is 0 Å². The van der Waals surface area contributed by atoms with Gasteiger partial charge in [-0.1, -0.05) is 41.9 Å². The molecule has 7 heteroatoms. The number of methoxy groups -OCH3 is 1. The van der Waals surface area contributed by atoms with Crippen LogP contribution in [-0.2, 0) is 0 Å². The fourth-order valence-electron chi connectivity index (χ4n) is 2.83. The van der Waals surface area contributed by atoms with E-state index in [1.807, 2.05) is 54.6 Å². The van der Waals surface area contributed by atoms with E-state index in [0.29, 0.717) is 16.5 Å². The third-order valence-corrected chi connectivity index (χ3v) is 4.61. The third kappa shape index (κ3) is 3.97. The van der Waals surface area contributed by atoms with Crippen LogP contribution < -0.4 is 10.1 Å². The number of aromatic nitrogens is 3. The summed E-state index contributed by atoms with van der Waals surface area (Å²) in [5, 5.41) is 7.65. The standard InChI is InChI=1S/C22H17ClN4O2/c1-29-17-13-11-15(12-14-17)21-25-20(26-27(21)16-7-3-2-4-8-16)22(28)24-19-10-6-5-9-18(19)23/h2-14H,1H3,(H,24,28). The van der Waals surface area contributed by atoms with Crippen molar-refractivity contribution in [3.05, 3.63) is 89.7 Å². The van der Waals surface area contributed by atoms with E-state index in [9.17, 15) is 4.79 Å². The molecule has 1 heterocycles. The van der Waals surface area contributed by atoms with Crippen LogP contribution in [0, 0.1) is 0 Å². The molecule has 0 aliphatic heterocycles. The van der Waals surface area contributed by atoms with Gasteiger partial charge in [0.15, 0.2) is 5.82 Å². The number of amides is 1. The molecule has 3 aromatic carbocycles. The lowest BCUT2D eigenvalue weighted by Crippen LogP contribution is -2.14. The molecule has 0 saturated heterocycles. The number of rotatable bonds is 5. The Balaban J connectivity index is 1.75. The molecule has 0 spiro atoms. The minimum Gasteiger partial charge on any atom is -0.497 e. The summed E-state index contributed by atoms with van der Waals surface area (Å²) in [6.07, 6.45) is 0. The van der Waals surface area contributed by atoms with Gasteiger partial charge in [-0.05, 0) is 48.5 Å². The minimum atomic E-state index is -0.442. The van der Waals surface area contributed by atoms with Crippen molar-refractivity contribution in [2.24, 2.45) is 0 Å². The van der Waals surface area contributed by atoms with Gasteiger partial charge in [0.1, 0.15) is 5.75 Å². The lowest BCUT2D eigenvalue weighted by molar-refractivity contribution is 0.101. The number of benzene rings is 3. The monoisotopic (exact) mass is 404 g/mol. The maximum absolute atomic E-state index is 12.8. The summed E-state index contributed by atoms with van der Waals surface area (Å²) in [5.41, 5.74) is 2.10. The summed E-state index contributed by atoms with van der Waals surface area (Å²) in [5.74, 6) is 0.876. The summed E-state index contributed by atoms with van der Waals surface area (Å²) >= 11 is 6.14. The van der Waals surface area contributed by atoms with E-state index in [2.05, 4.69) is 15.4 Å². The zero-order valence-electron chi connectivity index (χ0n) is 15.5. The number of nitrogens with zero attached hydrogens (tertiary/aromatic N) is 3. The number of ether oxygens (including phenoxy) is 1. The predicted octanol–water partition coefficient (Wildman–Crippen LogP) is 4.85. The molecular weight excluding hydrogens is 388 g/mol. The molecule has 4 rings (SSSR count). The van der Waals surface area contributed by atoms with Gasteiger partial charge in [-0.3, -0.25) is 4.79 Å². The number of anilines is 1. The average molecular weight is 405 g/mol. The fraction of sp³-hybridized carbons (Fsp3) is 0.0455. The zero-order valence-corrected chi connectivity index (χ0v) is 16.3. The summed E-state index contributed by atoms with van der Waals surface area (Å²) in [6.45, 7) is 0. The summed E-state index contributed by atoms with van der Waals surface area (Å²) in [6, 6.07) is 23.9. The van der Waals surface area contributed by atoms with Crippen molar-refractivity contribution in [2.45, 2.75) is 0 Å². The summed E-state index contributed by atoms with van der Waals surface area (Å²) < 4.78 is 6.86. The Morgan fingerprint density at radius 3 is 2.34 bits per heavy atom. The molecule has 0 atom stereocenters. The maximum atomic E-state index is 12.8. The van der Waals surface area contributed by atoms with Crippen molar-refractivity contribution in [3.63, 3.8) is 0 Å². The second kappa shape index (κ2) is 8.16. The number of carbonyl (C=O) groups excluding carboxylic acids is 1. The molecular formula is C22H17ClN4O2. The Morgan fingerprint density at radius 2 is 1.66 bits per heavy atom. The zero-order chi connectivity index (χ0) is 20.2. The van der Waals surface area contributed by atoms with Crippen LogP contribution in [0.25, 0.3) is 17.1 Å². The Labute approximate surface area is 172 Å². The van der Waals surface area contributed by atoms with Crippen LogP contribution in [0.5, 0.6) is 5.75 Å². The maximum Gasteiger partial charge on any atom is 0.295 e. The second-order valence-electron chi connectivity index (χ2n) is 6.17. The topological polar surface area (TPSA) is 69.0 Å². The molecule has 1 N–H and O–H groups in total. The molecule has 144 valence electrons. The van der Waals surface area contributed by atoms with Gasteiger partial charge in [0.05, 0.1) is 23.5 Å². The van der Waals surface area contributed by atoms with Crippen molar-refractivity contribution in [2.75, 3.05) is 12.4 Å². The molecule has 0 aliphatic rings. The number of nitrogens with one attached hydrogen (secondary N) is 1. The van der Waals surface area contributed by atoms with Crippen LogP contribution in [-0.4, -0.2) is 27.8 Å². The first-order chi connectivity index (χ1) is 14.2. The molecule has 0 fully saturated rings. The van der Waals surface area contributed by atoms with Crippen LogP contribution in [0.15, 0.2) is 78.9 Å². The summed E-state index contributed by atoms with van der Waals surface area (Å²) in [7, 11) is 1.61. The van der Waals surface area contributed by atoms with E-state index in [0.717, 1.165) is 17.0 Å². The number of halogens is 1. The van der Waals surface area contributed by atoms with Crippen LogP contribution in [0.2, 0.25) is 5.02 Å². The van der Waals surface area contributed by atoms with Gasteiger partial charge < -0.3 is 10.1 Å². The van der Waals surface area contributed by atoms with E-state index < -0.39 is 5.91 Å². The molecule has 0 unspecified atom stereocenters. The van der Waals surface area contributed by atoms with Crippen LogP contribution in [0.3, 0.4) is 0 Å². The van der Waals surface area contributed by atoms with E-state index in [1.165, 1.54) is 0 Å². The van der Waals surface area contributed by atoms with Gasteiger partial charge in [0, 0.05) is 5.56 Å². The molecule has 0 saturated carbocycles. The van der Waals surface area contributed by atoms with E-state index in [1.54, 1.807) is 36.1 Å². The molecule has 1 aromatic heterocycles. The first-order valence-electron chi connectivity index (χ1n) is 8.88. The number of hydrogen-bond acceptors (Lipinski definition) is 4. The Hall–Kier alpha value is -3.64. The predicted molar refractivity (Wildman–Crippen MR) is 113 cm³/mol. The van der Waals surface area contributed by atoms with Crippen molar-refractivity contribution >= 4 is 23.2 Å². The smallest absolute Gasteiger partial charge is 0.295 e. The average Bonchev–Trinajstić information content (AvgIpc) is 3.22. The van der Waals surface area contributed by atoms with Crippen molar-refractivity contribution in [3.8, 4) is 22.8 Å². The number of hydrogen-bond donors (Lipinski definition) is 1. The van der Waals surface area contributed by atoms with Gasteiger partial charge in [-0.25, -0.2) is 9.67 Å². The minimum absolute atomic E-state index is 0.0413. The highest BCUT2D eigenvalue weighted by molar-refractivity contribution is 6.33. The van der Waals surface area contributed by atoms with Crippen LogP contribution in [0.1, 0.15) is 10.6 Å². The molecule has 6 nitrogen and oxygen atoms in total. The molecule has 29 heavy (non-hydrogen) atoms. The SMILES string of the molecule is COc1ccc(-c2nc(C(=O)Nc3ccccc3Cl)nn2-c2ccccc2)cc1. The number of carbonyl (C=O) groups is 1. The lowest BCUT2D eigenvalue weighted by Gasteiger charge is -2.06. The normalized spacial score (nSPS) is 10.6. The number of para-hydroxylation sites is 2. The van der Waals surface area contributed by atoms with Crippen LogP contribution in [0.4, 0.5) is 5.69 Å². The Kier molecular flexibility index (Phi) is 5.27. The van der Waals surface area contributed by atoms with E-state index in [-0.39, 0.29) is 5.82 Å². The second-order valence-corrected chi connectivity index (χ2v) is 6.58. The van der Waals surface area contributed by atoms with Gasteiger partial charge >= 0.3 is 0 Å². The molecule has 0 aliphatic carbocycles. The molecule has 1 amide bonds. The van der Waals surface area contributed by atoms with E-state index >= 15 is 0 Å². The van der Waals surface area contributed by atoms with Crippen molar-refractivity contribution < 1.29 is 9.53 Å². The van der Waals surface area contributed by atoms with E-state index in [4.69, 9.17) is 16.3 Å². The lowest BCUT2D eigenvalue weighted by atomic mass is 10.2. The highest BCUT2D eigenvalue weighted by Gasteiger charge is 2.19. The van der Waals surface area contributed by atoms with Gasteiger partial charge in [0.2, 0.25) is 5.82 Å². The Morgan fingerprint density at radius 1 is 0.966 bits per heavy atom. The van der Waals surface area contributed by atoms with Crippen molar-refractivity contribution in [1.82, 2.24) is 14.8 Å². The first-order valence-corrected chi connectivity index (χ1v) is 9.26. The highest BCUT2D eigenvalue weighted by atomic mass is 35.5. The first kappa shape index (κ1) is 18.7. The molecule has 0 radical (unpaired) electrons. The van der Waals surface area contributed by atoms with Gasteiger partial charge in [-0.2, -0.15) is 0 Å². The van der Waals surface area contributed by atoms with Gasteiger partial charge in [-0.15, -0.1) is 5.10 Å². The largest absolute Gasteiger partial charge is 0.497 e. The summed E-state index contributed by atoms with van der Waals surface area (Å²) in [4.78, 5) is 17.3. The third-order valence-electron chi connectivity index (χ3n) is 4.28. The van der Waals surface area contributed by atoms with Crippen LogP contribution >= 0.6 is 11.6 Å². The molecule has 4 aromatic rings. The highest BCUT2D eigenvalue weighted by Crippen LogP contribution is 2.25. The molecule has 0 bridgehead atoms. The van der Waals surface area contributed by atoms with Gasteiger partial charge in [0.25, 0.3) is 5.91 Å². The fourth-order valence-corrected chi connectivity index (χ4v) is 3.01. The quantitative estimate of drug-likeness (QED) is 0.516.